The average molecular weight is 616 g/mol. The van der Waals surface area contributed by atoms with E-state index in [0.29, 0.717) is 28.1 Å². The fourth-order valence-corrected chi connectivity index (χ4v) is 6.67. The van der Waals surface area contributed by atoms with Crippen LogP contribution in [0.3, 0.4) is 0 Å². The third-order valence-electron chi connectivity index (χ3n) is 8.81. The quantitative estimate of drug-likeness (QED) is 0.322. The van der Waals surface area contributed by atoms with Gasteiger partial charge in [-0.15, -0.1) is 5.10 Å². The van der Waals surface area contributed by atoms with Crippen LogP contribution >= 0.6 is 11.9 Å². The number of nitrogens with zero attached hydrogens (tertiary/aromatic N) is 5. The maximum atomic E-state index is 13.6. The molecular formula is C30H36F3N7O2S. The molecule has 0 spiro atoms. The summed E-state index contributed by atoms with van der Waals surface area (Å²) in [6, 6.07) is 8.93. The zero-order valence-electron chi connectivity index (χ0n) is 24.5. The number of fused-ring (bicyclic) bond motifs is 6. The summed E-state index contributed by atoms with van der Waals surface area (Å²) in [6.07, 6.45) is 0.627. The predicted octanol–water partition coefficient (Wildman–Crippen LogP) is 6.33. The molecule has 1 saturated carbocycles. The molecule has 9 nitrogen and oxygen atoms in total. The molecule has 43 heavy (non-hydrogen) atoms. The highest BCUT2D eigenvalue weighted by molar-refractivity contribution is 7.97. The number of pyridine rings is 2. The smallest absolute Gasteiger partial charge is 0.394 e. The summed E-state index contributed by atoms with van der Waals surface area (Å²) >= 11 is 1.16. The number of alkyl halides is 3. The van der Waals surface area contributed by atoms with Gasteiger partial charge in [-0.1, -0.05) is 6.07 Å². The van der Waals surface area contributed by atoms with E-state index in [1.54, 1.807) is 24.4 Å². The Morgan fingerprint density at radius 1 is 1.14 bits per heavy atom. The Kier molecular flexibility index (Phi) is 7.72. The van der Waals surface area contributed by atoms with Gasteiger partial charge < -0.3 is 15.0 Å². The molecule has 2 aliphatic heterocycles. The van der Waals surface area contributed by atoms with Crippen molar-refractivity contribution in [3.8, 4) is 11.7 Å². The number of anilines is 2. The van der Waals surface area contributed by atoms with Crippen molar-refractivity contribution in [2.24, 2.45) is 11.3 Å². The van der Waals surface area contributed by atoms with Crippen LogP contribution < -0.4 is 19.7 Å². The number of hydrogen-bond acceptors (Lipinski definition) is 8. The Balaban J connectivity index is 1.26. The number of rotatable bonds is 5. The van der Waals surface area contributed by atoms with Crippen LogP contribution in [0, 0.1) is 18.3 Å². The molecule has 2 N–H and O–H groups in total. The summed E-state index contributed by atoms with van der Waals surface area (Å²) in [7, 11) is 0. The van der Waals surface area contributed by atoms with Crippen LogP contribution in [0.15, 0.2) is 41.6 Å². The first kappa shape index (κ1) is 29.6. The van der Waals surface area contributed by atoms with Crippen LogP contribution in [0.1, 0.15) is 68.3 Å². The van der Waals surface area contributed by atoms with Gasteiger partial charge in [-0.25, -0.2) is 14.6 Å². The molecule has 1 aliphatic carbocycles. The molecule has 0 aromatic carbocycles. The number of amides is 1. The van der Waals surface area contributed by atoms with Crippen molar-refractivity contribution in [3.05, 3.63) is 47.7 Å². The van der Waals surface area contributed by atoms with Gasteiger partial charge in [0.05, 0.1) is 17.6 Å². The predicted molar refractivity (Wildman–Crippen MR) is 159 cm³/mol. The van der Waals surface area contributed by atoms with Gasteiger partial charge in [-0.3, -0.25) is 9.52 Å². The van der Waals surface area contributed by atoms with E-state index in [1.807, 2.05) is 19.1 Å². The summed E-state index contributed by atoms with van der Waals surface area (Å²) in [6.45, 7) is 7.86. The van der Waals surface area contributed by atoms with Crippen molar-refractivity contribution in [1.29, 1.82) is 0 Å². The second kappa shape index (κ2) is 11.2. The summed E-state index contributed by atoms with van der Waals surface area (Å²) in [5.74, 6) is 2.23. The van der Waals surface area contributed by atoms with Gasteiger partial charge in [0, 0.05) is 42.8 Å². The number of aromatic nitrogens is 4. The van der Waals surface area contributed by atoms with Gasteiger partial charge in [0.15, 0.2) is 5.82 Å². The summed E-state index contributed by atoms with van der Waals surface area (Å²) in [5, 5.41) is 8.55. The number of hydrogen-bond donors (Lipinski definition) is 2. The molecule has 230 valence electrons. The summed E-state index contributed by atoms with van der Waals surface area (Å²) in [5.41, 5.74) is -0.361. The van der Waals surface area contributed by atoms with Crippen molar-refractivity contribution in [2.45, 2.75) is 76.0 Å². The standard InChI is InChI=1S/C30H36F3N7O2S/c1-19-6-9-24-36-25(19)34-14-4-5-20-17-28(2,3)39(18-20)26-21(27(41)38-43-24)7-8-22(35-26)40-15-10-23(37-40)42-16-13-29(11-12-29)30(31,32)33/h6-10,15,20H,4-5,11-14,16-18H2,1-3H3,(H,34,36)(H,38,41). The Labute approximate surface area is 253 Å². The highest BCUT2D eigenvalue weighted by atomic mass is 32.2. The van der Waals surface area contributed by atoms with Crippen LogP contribution in [-0.4, -0.2) is 57.1 Å². The monoisotopic (exact) mass is 615 g/mol. The maximum absolute atomic E-state index is 13.6. The maximum Gasteiger partial charge on any atom is 0.394 e. The number of aryl methyl sites for hydroxylation is 1. The van der Waals surface area contributed by atoms with E-state index >= 15 is 0 Å². The molecule has 3 aliphatic rings. The average Bonchev–Trinajstić information content (AvgIpc) is 3.51. The Morgan fingerprint density at radius 3 is 2.72 bits per heavy atom. The molecule has 2 fully saturated rings. The van der Waals surface area contributed by atoms with E-state index in [1.165, 1.54) is 4.68 Å². The molecule has 1 unspecified atom stereocenters. The molecule has 4 bridgehead atoms. The summed E-state index contributed by atoms with van der Waals surface area (Å²) < 4.78 is 49.9. The fourth-order valence-electron chi connectivity index (χ4n) is 6.09. The van der Waals surface area contributed by atoms with Crippen LogP contribution in [0.25, 0.3) is 5.82 Å². The minimum atomic E-state index is -4.21. The Hall–Kier alpha value is -3.48. The molecule has 13 heteroatoms. The van der Waals surface area contributed by atoms with Crippen LogP contribution in [0.4, 0.5) is 24.8 Å². The van der Waals surface area contributed by atoms with E-state index in [9.17, 15) is 18.0 Å². The zero-order chi connectivity index (χ0) is 30.4. The molecule has 0 radical (unpaired) electrons. The highest BCUT2D eigenvalue weighted by Gasteiger charge is 2.62. The first-order valence-electron chi connectivity index (χ1n) is 14.7. The number of halogens is 3. The van der Waals surface area contributed by atoms with E-state index in [0.717, 1.165) is 55.7 Å². The molecule has 1 saturated heterocycles. The van der Waals surface area contributed by atoms with Gasteiger partial charge in [0.2, 0.25) is 5.88 Å². The van der Waals surface area contributed by atoms with Crippen molar-refractivity contribution >= 4 is 29.5 Å². The number of carbonyl (C=O) groups excluding carboxylic acids is 1. The fraction of sp³-hybridized carbons (Fsp3) is 0.533. The van der Waals surface area contributed by atoms with Crippen molar-refractivity contribution in [3.63, 3.8) is 0 Å². The molecule has 5 heterocycles. The minimum Gasteiger partial charge on any atom is -0.477 e. The molecule has 3 aromatic heterocycles. The lowest BCUT2D eigenvalue weighted by molar-refractivity contribution is -0.190. The molecular weight excluding hydrogens is 579 g/mol. The number of nitrogens with one attached hydrogen (secondary N) is 2. The third-order valence-corrected chi connectivity index (χ3v) is 9.53. The van der Waals surface area contributed by atoms with Crippen molar-refractivity contribution < 1.29 is 22.7 Å². The lowest BCUT2D eigenvalue weighted by Crippen LogP contribution is -2.40. The molecule has 1 amide bonds. The second-order valence-electron chi connectivity index (χ2n) is 12.4. The van der Waals surface area contributed by atoms with E-state index in [-0.39, 0.29) is 43.2 Å². The Bertz CT molecular complexity index is 1510. The van der Waals surface area contributed by atoms with Crippen molar-refractivity contribution in [1.82, 2.24) is 24.5 Å². The van der Waals surface area contributed by atoms with Crippen LogP contribution in [0.2, 0.25) is 0 Å². The van der Waals surface area contributed by atoms with Crippen LogP contribution in [-0.2, 0) is 0 Å². The number of ether oxygens (including phenoxy) is 1. The van der Waals surface area contributed by atoms with Crippen LogP contribution in [0.5, 0.6) is 5.88 Å². The summed E-state index contributed by atoms with van der Waals surface area (Å²) in [4.78, 5) is 25.4. The van der Waals surface area contributed by atoms with Gasteiger partial charge >= 0.3 is 6.18 Å². The topological polar surface area (TPSA) is 97.2 Å². The first-order valence-corrected chi connectivity index (χ1v) is 15.5. The van der Waals surface area contributed by atoms with Gasteiger partial charge in [0.25, 0.3) is 5.91 Å². The van der Waals surface area contributed by atoms with E-state index in [2.05, 4.69) is 38.9 Å². The normalized spacial score (nSPS) is 21.2. The lowest BCUT2D eigenvalue weighted by Gasteiger charge is -2.34. The Morgan fingerprint density at radius 2 is 1.95 bits per heavy atom. The lowest BCUT2D eigenvalue weighted by atomic mass is 9.93. The SMILES string of the molecule is Cc1ccc2nc1NCCCC1CN(c3nc(-n4ccc(OCCC5(C(F)(F)F)CC5)n4)ccc3C(=O)NS2)C(C)(C)C1. The number of carbonyl (C=O) groups is 1. The molecule has 6 rings (SSSR count). The van der Waals surface area contributed by atoms with E-state index < -0.39 is 11.6 Å². The largest absolute Gasteiger partial charge is 0.477 e. The van der Waals surface area contributed by atoms with Gasteiger partial charge in [-0.2, -0.15) is 13.2 Å². The molecule has 1 atom stereocenters. The van der Waals surface area contributed by atoms with Gasteiger partial charge in [0.1, 0.15) is 16.7 Å². The first-order chi connectivity index (χ1) is 20.4. The molecule has 3 aromatic rings. The second-order valence-corrected chi connectivity index (χ2v) is 13.3. The highest BCUT2D eigenvalue weighted by Crippen LogP contribution is 2.59. The third kappa shape index (κ3) is 6.13. The minimum absolute atomic E-state index is 0.0673. The zero-order valence-corrected chi connectivity index (χ0v) is 25.3. The van der Waals surface area contributed by atoms with Gasteiger partial charge in [-0.05, 0) is 89.0 Å². The van der Waals surface area contributed by atoms with E-state index in [4.69, 9.17) is 9.72 Å². The van der Waals surface area contributed by atoms with Crippen molar-refractivity contribution in [2.75, 3.05) is 29.9 Å².